The van der Waals surface area contributed by atoms with Gasteiger partial charge in [-0.3, -0.25) is 20.2 Å². The molecule has 2 aromatic carbocycles. The molecule has 0 amide bonds. The normalized spacial score (nSPS) is 10.4. The molecule has 0 heterocycles. The molecular weight excluding hydrogens is 352 g/mol. The van der Waals surface area contributed by atoms with E-state index in [9.17, 15) is 37.8 Å². The molecule has 0 aromatic heterocycles. The summed E-state index contributed by atoms with van der Waals surface area (Å²) in [7, 11) is 0. The van der Waals surface area contributed by atoms with Crippen molar-refractivity contribution < 1.29 is 32.1 Å². The number of hydrogen-bond acceptors (Lipinski definition) is 5. The number of ether oxygens (including phenoxy) is 1. The number of halogens is 4. The zero-order valence-corrected chi connectivity index (χ0v) is 12.3. The SMILES string of the molecule is O=[N+]([O-])c1ccc(F)cc1.O=[N+]([O-])c1ccc(OCC(F)(F)F)cc1. The van der Waals surface area contributed by atoms with E-state index in [1.807, 2.05) is 0 Å². The second-order valence-corrected chi connectivity index (χ2v) is 4.39. The minimum absolute atomic E-state index is 0.0575. The van der Waals surface area contributed by atoms with Gasteiger partial charge in [-0.25, -0.2) is 4.39 Å². The lowest BCUT2D eigenvalue weighted by atomic mass is 10.3. The Morgan fingerprint density at radius 1 is 0.840 bits per heavy atom. The molecule has 11 heteroatoms. The zero-order valence-electron chi connectivity index (χ0n) is 12.3. The van der Waals surface area contributed by atoms with Gasteiger partial charge in [0.25, 0.3) is 11.4 Å². The van der Waals surface area contributed by atoms with Gasteiger partial charge in [0.15, 0.2) is 6.61 Å². The van der Waals surface area contributed by atoms with Crippen LogP contribution in [-0.2, 0) is 0 Å². The lowest BCUT2D eigenvalue weighted by Crippen LogP contribution is -2.19. The number of rotatable bonds is 4. The monoisotopic (exact) mass is 362 g/mol. The maximum absolute atomic E-state index is 12.1. The van der Waals surface area contributed by atoms with Crippen LogP contribution in [0.5, 0.6) is 5.75 Å². The molecular formula is C14H10F4N2O5. The van der Waals surface area contributed by atoms with Gasteiger partial charge < -0.3 is 4.74 Å². The maximum atomic E-state index is 12.1. The standard InChI is InChI=1S/C8H6F3NO3.C6H4FNO2/c9-8(10,11)5-15-7-3-1-6(2-4-7)12(13)14;7-5-1-3-6(4-2-5)8(9)10/h1-4H,5H2;1-4H. The van der Waals surface area contributed by atoms with Crippen LogP contribution in [-0.4, -0.2) is 22.6 Å². The van der Waals surface area contributed by atoms with Crippen LogP contribution >= 0.6 is 0 Å². The first-order chi connectivity index (χ1) is 11.6. The number of hydrogen-bond donors (Lipinski definition) is 0. The van der Waals surface area contributed by atoms with Gasteiger partial charge in [0, 0.05) is 24.3 Å². The van der Waals surface area contributed by atoms with Crippen LogP contribution in [0.4, 0.5) is 28.9 Å². The number of nitro groups is 2. The summed E-state index contributed by atoms with van der Waals surface area (Å²) in [6, 6.07) is 8.73. The lowest BCUT2D eigenvalue weighted by Gasteiger charge is -2.08. The summed E-state index contributed by atoms with van der Waals surface area (Å²) in [6.45, 7) is -1.41. The molecule has 0 aliphatic carbocycles. The Kier molecular flexibility index (Phi) is 6.79. The minimum atomic E-state index is -4.41. The van der Waals surface area contributed by atoms with Crippen molar-refractivity contribution in [2.24, 2.45) is 0 Å². The van der Waals surface area contributed by atoms with Gasteiger partial charge >= 0.3 is 6.18 Å². The molecule has 0 unspecified atom stereocenters. The summed E-state index contributed by atoms with van der Waals surface area (Å²) in [5.41, 5.74) is -0.296. The van der Waals surface area contributed by atoms with E-state index in [-0.39, 0.29) is 17.1 Å². The van der Waals surface area contributed by atoms with Gasteiger partial charge in [0.05, 0.1) is 9.85 Å². The molecule has 134 valence electrons. The third-order valence-electron chi connectivity index (χ3n) is 2.49. The number of alkyl halides is 3. The summed E-state index contributed by atoms with van der Waals surface area (Å²) in [5.74, 6) is -0.525. The van der Waals surface area contributed by atoms with Crippen LogP contribution in [0.1, 0.15) is 0 Å². The molecule has 2 rings (SSSR count). The molecule has 0 bridgehead atoms. The second kappa shape index (κ2) is 8.57. The number of benzene rings is 2. The summed E-state index contributed by atoms with van der Waals surface area (Å²) in [6.07, 6.45) is -4.41. The first-order valence-corrected chi connectivity index (χ1v) is 6.42. The fraction of sp³-hybridized carbons (Fsp3) is 0.143. The summed E-state index contributed by atoms with van der Waals surface area (Å²) >= 11 is 0. The minimum Gasteiger partial charge on any atom is -0.484 e. The van der Waals surface area contributed by atoms with Gasteiger partial charge in [-0.2, -0.15) is 13.2 Å². The largest absolute Gasteiger partial charge is 0.484 e. The van der Waals surface area contributed by atoms with E-state index in [2.05, 4.69) is 4.74 Å². The van der Waals surface area contributed by atoms with E-state index in [0.717, 1.165) is 48.5 Å². The highest BCUT2D eigenvalue weighted by Gasteiger charge is 2.28. The first kappa shape index (κ1) is 19.8. The Hall–Kier alpha value is -3.24. The molecule has 0 radical (unpaired) electrons. The Bertz CT molecular complexity index is 717. The maximum Gasteiger partial charge on any atom is 0.422 e. The number of nitro benzene ring substituents is 2. The predicted molar refractivity (Wildman–Crippen MR) is 77.7 cm³/mol. The van der Waals surface area contributed by atoms with Gasteiger partial charge in [-0.1, -0.05) is 0 Å². The molecule has 0 saturated carbocycles. The number of non-ortho nitro benzene ring substituents is 2. The zero-order chi connectivity index (χ0) is 19.0. The smallest absolute Gasteiger partial charge is 0.422 e. The van der Waals surface area contributed by atoms with Crippen molar-refractivity contribution in [1.82, 2.24) is 0 Å². The third kappa shape index (κ3) is 7.72. The van der Waals surface area contributed by atoms with Crippen molar-refractivity contribution in [3.63, 3.8) is 0 Å². The molecule has 0 aliphatic rings. The average molecular weight is 362 g/mol. The van der Waals surface area contributed by atoms with E-state index < -0.39 is 28.4 Å². The molecule has 0 saturated heterocycles. The summed E-state index contributed by atoms with van der Waals surface area (Å²) in [4.78, 5) is 19.0. The highest BCUT2D eigenvalue weighted by Crippen LogP contribution is 2.20. The van der Waals surface area contributed by atoms with Crippen LogP contribution in [0.3, 0.4) is 0 Å². The molecule has 7 nitrogen and oxygen atoms in total. The Labute approximate surface area is 137 Å². The first-order valence-electron chi connectivity index (χ1n) is 6.42. The van der Waals surface area contributed by atoms with E-state index in [4.69, 9.17) is 0 Å². The lowest BCUT2D eigenvalue weighted by molar-refractivity contribution is -0.385. The highest BCUT2D eigenvalue weighted by atomic mass is 19.4. The average Bonchev–Trinajstić information content (AvgIpc) is 2.53. The summed E-state index contributed by atoms with van der Waals surface area (Å²) in [5, 5.41) is 20.2. The fourth-order valence-corrected chi connectivity index (χ4v) is 1.39. The van der Waals surface area contributed by atoms with E-state index in [0.29, 0.717) is 0 Å². The van der Waals surface area contributed by atoms with E-state index in [1.165, 1.54) is 0 Å². The predicted octanol–water partition coefficient (Wildman–Crippen LogP) is 4.27. The molecule has 0 spiro atoms. The topological polar surface area (TPSA) is 95.5 Å². The van der Waals surface area contributed by atoms with Crippen LogP contribution in [0.15, 0.2) is 48.5 Å². The van der Waals surface area contributed by atoms with Gasteiger partial charge in [0.2, 0.25) is 0 Å². The molecule has 0 fully saturated rings. The fourth-order valence-electron chi connectivity index (χ4n) is 1.39. The Morgan fingerprint density at radius 2 is 1.24 bits per heavy atom. The van der Waals surface area contributed by atoms with Gasteiger partial charge in [-0.05, 0) is 24.3 Å². The molecule has 0 atom stereocenters. The Balaban J connectivity index is 0.000000271. The highest BCUT2D eigenvalue weighted by molar-refractivity contribution is 5.36. The van der Waals surface area contributed by atoms with Crippen molar-refractivity contribution >= 4 is 11.4 Å². The van der Waals surface area contributed by atoms with Crippen molar-refractivity contribution in [2.45, 2.75) is 6.18 Å². The Morgan fingerprint density at radius 3 is 1.60 bits per heavy atom. The van der Waals surface area contributed by atoms with Crippen molar-refractivity contribution in [1.29, 1.82) is 0 Å². The summed E-state index contributed by atoms with van der Waals surface area (Å²) < 4.78 is 51.6. The van der Waals surface area contributed by atoms with Crippen molar-refractivity contribution in [3.8, 4) is 5.75 Å². The van der Waals surface area contributed by atoms with Crippen molar-refractivity contribution in [2.75, 3.05) is 6.61 Å². The van der Waals surface area contributed by atoms with Crippen LogP contribution < -0.4 is 4.74 Å². The second-order valence-electron chi connectivity index (χ2n) is 4.39. The van der Waals surface area contributed by atoms with Crippen LogP contribution in [0, 0.1) is 26.0 Å². The molecule has 25 heavy (non-hydrogen) atoms. The quantitative estimate of drug-likeness (QED) is 0.460. The van der Waals surface area contributed by atoms with E-state index >= 15 is 0 Å². The molecule has 2 aromatic rings. The number of nitrogens with zero attached hydrogens (tertiary/aromatic N) is 2. The third-order valence-corrected chi connectivity index (χ3v) is 2.49. The van der Waals surface area contributed by atoms with Crippen LogP contribution in [0.2, 0.25) is 0 Å². The van der Waals surface area contributed by atoms with Gasteiger partial charge in [-0.15, -0.1) is 0 Å². The van der Waals surface area contributed by atoms with Crippen molar-refractivity contribution in [3.05, 3.63) is 74.6 Å². The van der Waals surface area contributed by atoms with E-state index in [1.54, 1.807) is 0 Å². The molecule has 0 aliphatic heterocycles. The van der Waals surface area contributed by atoms with Gasteiger partial charge in [0.1, 0.15) is 11.6 Å². The molecule has 0 N–H and O–H groups in total. The van der Waals surface area contributed by atoms with Crippen LogP contribution in [0.25, 0.3) is 0 Å².